The summed E-state index contributed by atoms with van der Waals surface area (Å²) in [7, 11) is 1.82. The molecule has 1 heterocycles. The fourth-order valence-electron chi connectivity index (χ4n) is 2.14. The number of benzene rings is 1. The van der Waals surface area contributed by atoms with Gasteiger partial charge < -0.3 is 9.75 Å². The summed E-state index contributed by atoms with van der Waals surface area (Å²) in [5.74, 6) is 6.54. The molecule has 4 nitrogen and oxygen atoms in total. The highest BCUT2D eigenvalue weighted by molar-refractivity contribution is 9.10. The minimum Gasteiger partial charge on any atom is -0.473 e. The van der Waals surface area contributed by atoms with E-state index in [2.05, 4.69) is 33.9 Å². The number of anilines is 1. The van der Waals surface area contributed by atoms with Crippen molar-refractivity contribution in [3.63, 3.8) is 0 Å². The highest BCUT2D eigenvalue weighted by atomic mass is 79.9. The summed E-state index contributed by atoms with van der Waals surface area (Å²) >= 11 is 3.48. The lowest BCUT2D eigenvalue weighted by molar-refractivity contribution is 0.290. The number of nitrogens with zero attached hydrogens (tertiary/aromatic N) is 2. The van der Waals surface area contributed by atoms with Crippen molar-refractivity contribution < 1.29 is 4.74 Å². The molecule has 0 radical (unpaired) electrons. The van der Waals surface area contributed by atoms with Gasteiger partial charge in [-0.15, -0.1) is 0 Å². The maximum atomic E-state index is 5.92. The minimum absolute atomic E-state index is 0.443. The number of nitrogens with two attached hydrogens (primary N) is 1. The number of hydrogen-bond acceptors (Lipinski definition) is 4. The average molecular weight is 350 g/mol. The standard InChI is InChI=1S/C16H20BrN3O/c1-10-6-5-7-15(20(4)18)13(10)9-21-16-11(2)8-14(17)12(3)19-16/h5-8H,9,18H2,1-4H3. The fourth-order valence-corrected chi connectivity index (χ4v) is 2.57. The molecule has 1 aromatic carbocycles. The Hall–Kier alpha value is -1.59. The van der Waals surface area contributed by atoms with Crippen LogP contribution in [-0.2, 0) is 6.61 Å². The van der Waals surface area contributed by atoms with Gasteiger partial charge in [0.25, 0.3) is 0 Å². The molecule has 2 N–H and O–H groups in total. The van der Waals surface area contributed by atoms with Crippen molar-refractivity contribution in [2.45, 2.75) is 27.4 Å². The van der Waals surface area contributed by atoms with Crippen LogP contribution >= 0.6 is 15.9 Å². The normalized spacial score (nSPS) is 10.6. The summed E-state index contributed by atoms with van der Waals surface area (Å²) in [5, 5.41) is 1.61. The smallest absolute Gasteiger partial charge is 0.216 e. The minimum atomic E-state index is 0.443. The summed E-state index contributed by atoms with van der Waals surface area (Å²) in [4.78, 5) is 4.48. The molecular formula is C16H20BrN3O. The van der Waals surface area contributed by atoms with Gasteiger partial charge in [-0.3, -0.25) is 0 Å². The Morgan fingerprint density at radius 2 is 1.95 bits per heavy atom. The third-order valence-corrected chi connectivity index (χ3v) is 4.22. The van der Waals surface area contributed by atoms with Crippen LogP contribution < -0.4 is 15.6 Å². The highest BCUT2D eigenvalue weighted by Gasteiger charge is 2.11. The first-order valence-corrected chi connectivity index (χ1v) is 7.53. The number of hydrogen-bond donors (Lipinski definition) is 1. The Morgan fingerprint density at radius 1 is 1.24 bits per heavy atom. The number of pyridine rings is 1. The molecule has 0 fully saturated rings. The number of aromatic nitrogens is 1. The van der Waals surface area contributed by atoms with Crippen molar-refractivity contribution in [3.8, 4) is 5.88 Å². The predicted octanol–water partition coefficient (Wildman–Crippen LogP) is 3.66. The van der Waals surface area contributed by atoms with Crippen molar-refractivity contribution in [3.05, 3.63) is 51.1 Å². The molecule has 0 bridgehead atoms. The van der Waals surface area contributed by atoms with E-state index in [1.54, 1.807) is 5.01 Å². The Labute approximate surface area is 134 Å². The number of halogens is 1. The molecule has 0 aliphatic carbocycles. The van der Waals surface area contributed by atoms with Gasteiger partial charge in [0, 0.05) is 22.6 Å². The van der Waals surface area contributed by atoms with Gasteiger partial charge in [-0.1, -0.05) is 12.1 Å². The average Bonchev–Trinajstić information content (AvgIpc) is 2.42. The molecule has 2 rings (SSSR count). The van der Waals surface area contributed by atoms with E-state index in [9.17, 15) is 0 Å². The third kappa shape index (κ3) is 3.54. The van der Waals surface area contributed by atoms with Gasteiger partial charge in [-0.05, 0) is 54.4 Å². The molecule has 0 amide bonds. The van der Waals surface area contributed by atoms with E-state index < -0.39 is 0 Å². The van der Waals surface area contributed by atoms with E-state index in [-0.39, 0.29) is 0 Å². The Kier molecular flexibility index (Phi) is 4.85. The molecule has 0 spiro atoms. The van der Waals surface area contributed by atoms with Crippen molar-refractivity contribution in [1.29, 1.82) is 0 Å². The van der Waals surface area contributed by atoms with Crippen LogP contribution in [0.1, 0.15) is 22.4 Å². The van der Waals surface area contributed by atoms with Crippen LogP contribution in [-0.4, -0.2) is 12.0 Å². The van der Waals surface area contributed by atoms with Crippen LogP contribution in [0, 0.1) is 20.8 Å². The molecule has 0 atom stereocenters. The van der Waals surface area contributed by atoms with E-state index in [1.807, 2.05) is 39.1 Å². The number of hydrazine groups is 1. The zero-order chi connectivity index (χ0) is 15.6. The second-order valence-corrected chi connectivity index (χ2v) is 6.00. The van der Waals surface area contributed by atoms with Crippen LogP contribution in [0.15, 0.2) is 28.7 Å². The lowest BCUT2D eigenvalue weighted by Gasteiger charge is -2.19. The van der Waals surface area contributed by atoms with E-state index in [1.165, 1.54) is 0 Å². The molecule has 5 heteroatoms. The van der Waals surface area contributed by atoms with Gasteiger partial charge in [-0.25, -0.2) is 10.8 Å². The molecule has 0 saturated carbocycles. The second kappa shape index (κ2) is 6.45. The van der Waals surface area contributed by atoms with Crippen LogP contribution in [0.5, 0.6) is 5.88 Å². The summed E-state index contributed by atoms with van der Waals surface area (Å²) in [5.41, 5.74) is 5.10. The second-order valence-electron chi connectivity index (χ2n) is 5.15. The number of ether oxygens (including phenoxy) is 1. The lowest BCUT2D eigenvalue weighted by Crippen LogP contribution is -2.26. The Morgan fingerprint density at radius 3 is 2.62 bits per heavy atom. The largest absolute Gasteiger partial charge is 0.473 e. The molecule has 0 aliphatic heterocycles. The summed E-state index contributed by atoms with van der Waals surface area (Å²) in [6, 6.07) is 8.05. The lowest BCUT2D eigenvalue weighted by atomic mass is 10.1. The molecule has 112 valence electrons. The monoisotopic (exact) mass is 349 g/mol. The van der Waals surface area contributed by atoms with Gasteiger partial charge in [0.05, 0.1) is 11.4 Å². The first-order chi connectivity index (χ1) is 9.90. The summed E-state index contributed by atoms with van der Waals surface area (Å²) in [6.07, 6.45) is 0. The first-order valence-electron chi connectivity index (χ1n) is 6.73. The van der Waals surface area contributed by atoms with Crippen molar-refractivity contribution >= 4 is 21.6 Å². The molecule has 1 aromatic heterocycles. The topological polar surface area (TPSA) is 51.4 Å². The van der Waals surface area contributed by atoms with E-state index in [0.29, 0.717) is 12.5 Å². The van der Waals surface area contributed by atoms with Gasteiger partial charge in [-0.2, -0.15) is 0 Å². The maximum absolute atomic E-state index is 5.92. The fraction of sp³-hybridized carbons (Fsp3) is 0.312. The highest BCUT2D eigenvalue weighted by Crippen LogP contribution is 2.26. The number of aryl methyl sites for hydroxylation is 3. The molecule has 0 saturated heterocycles. The quantitative estimate of drug-likeness (QED) is 0.675. The number of rotatable bonds is 4. The van der Waals surface area contributed by atoms with Crippen LogP contribution in [0.3, 0.4) is 0 Å². The van der Waals surface area contributed by atoms with E-state index in [4.69, 9.17) is 10.6 Å². The van der Waals surface area contributed by atoms with Gasteiger partial charge in [0.15, 0.2) is 0 Å². The van der Waals surface area contributed by atoms with Crippen LogP contribution in [0.4, 0.5) is 5.69 Å². The molecule has 21 heavy (non-hydrogen) atoms. The molecular weight excluding hydrogens is 330 g/mol. The van der Waals surface area contributed by atoms with Crippen LogP contribution in [0.25, 0.3) is 0 Å². The summed E-state index contributed by atoms with van der Waals surface area (Å²) in [6.45, 7) is 6.43. The Balaban J connectivity index is 2.27. The zero-order valence-corrected chi connectivity index (χ0v) is 14.4. The Bertz CT molecular complexity index is 656. The first kappa shape index (κ1) is 15.8. The predicted molar refractivity (Wildman–Crippen MR) is 89.5 cm³/mol. The van der Waals surface area contributed by atoms with E-state index in [0.717, 1.165) is 32.5 Å². The van der Waals surface area contributed by atoms with E-state index >= 15 is 0 Å². The molecule has 0 aliphatic rings. The molecule has 0 unspecified atom stereocenters. The van der Waals surface area contributed by atoms with Crippen molar-refractivity contribution in [1.82, 2.24) is 4.98 Å². The third-order valence-electron chi connectivity index (χ3n) is 3.41. The maximum Gasteiger partial charge on any atom is 0.216 e. The summed E-state index contributed by atoms with van der Waals surface area (Å²) < 4.78 is 6.91. The SMILES string of the molecule is Cc1cc(Br)c(C)nc1OCc1c(C)cccc1N(C)N. The zero-order valence-electron chi connectivity index (χ0n) is 12.8. The van der Waals surface area contributed by atoms with Crippen molar-refractivity contribution in [2.24, 2.45) is 5.84 Å². The van der Waals surface area contributed by atoms with Gasteiger partial charge in [0.1, 0.15) is 6.61 Å². The molecule has 2 aromatic rings. The van der Waals surface area contributed by atoms with Gasteiger partial charge >= 0.3 is 0 Å². The van der Waals surface area contributed by atoms with Crippen LogP contribution in [0.2, 0.25) is 0 Å². The van der Waals surface area contributed by atoms with Crippen molar-refractivity contribution in [2.75, 3.05) is 12.1 Å². The van der Waals surface area contributed by atoms with Gasteiger partial charge in [0.2, 0.25) is 5.88 Å².